The van der Waals surface area contributed by atoms with Gasteiger partial charge in [0.15, 0.2) is 5.82 Å². The molecule has 0 N–H and O–H groups in total. The minimum Gasteiger partial charge on any atom is -0.384 e. The Bertz CT molecular complexity index is 507. The fraction of sp³-hybridized carbons (Fsp3) is 0.812. The summed E-state index contributed by atoms with van der Waals surface area (Å²) in [4.78, 5) is 18.5. The number of carbonyl (C=O) groups excluding carboxylic acids is 1. The van der Waals surface area contributed by atoms with Crippen LogP contribution in [-0.2, 0) is 27.3 Å². The molecule has 23 heavy (non-hydrogen) atoms. The molecule has 0 radical (unpaired) electrons. The second-order valence-corrected chi connectivity index (χ2v) is 6.31. The Morgan fingerprint density at radius 1 is 1.30 bits per heavy atom. The Labute approximate surface area is 136 Å². The molecule has 1 saturated heterocycles. The number of piperidine rings is 1. The normalized spacial score (nSPS) is 19.8. The molecule has 0 aromatic carbocycles. The van der Waals surface area contributed by atoms with E-state index in [1.807, 2.05) is 4.90 Å². The minimum atomic E-state index is 0.162. The van der Waals surface area contributed by atoms with Crippen molar-refractivity contribution < 1.29 is 18.8 Å². The second kappa shape index (κ2) is 7.88. The van der Waals surface area contributed by atoms with Crippen LogP contribution in [0.15, 0.2) is 4.52 Å². The van der Waals surface area contributed by atoms with Crippen LogP contribution < -0.4 is 0 Å². The van der Waals surface area contributed by atoms with Crippen molar-refractivity contribution in [1.82, 2.24) is 15.0 Å². The van der Waals surface area contributed by atoms with Crippen LogP contribution in [0.1, 0.15) is 43.8 Å². The fourth-order valence-electron chi connectivity index (χ4n) is 2.99. The second-order valence-electron chi connectivity index (χ2n) is 6.31. The van der Waals surface area contributed by atoms with E-state index in [0.29, 0.717) is 37.3 Å². The lowest BCUT2D eigenvalue weighted by atomic mass is 9.84. The van der Waals surface area contributed by atoms with Crippen LogP contribution >= 0.6 is 0 Å². The van der Waals surface area contributed by atoms with Gasteiger partial charge in [-0.1, -0.05) is 11.6 Å². The SMILES string of the molecule is COCCc1noc(COC2CCN(C(=O)C3CCC3)CC2)n1. The highest BCUT2D eigenvalue weighted by Crippen LogP contribution is 2.29. The number of ether oxygens (including phenoxy) is 2. The highest BCUT2D eigenvalue weighted by Gasteiger charge is 2.31. The lowest BCUT2D eigenvalue weighted by molar-refractivity contribution is -0.141. The minimum absolute atomic E-state index is 0.162. The number of amides is 1. The molecular formula is C16H25N3O4. The van der Waals surface area contributed by atoms with Crippen LogP contribution in [0.25, 0.3) is 0 Å². The number of likely N-dealkylation sites (tertiary alicyclic amines) is 1. The quantitative estimate of drug-likeness (QED) is 0.758. The van der Waals surface area contributed by atoms with Gasteiger partial charge in [-0.05, 0) is 25.7 Å². The van der Waals surface area contributed by atoms with Crippen molar-refractivity contribution in [2.24, 2.45) is 5.92 Å². The topological polar surface area (TPSA) is 77.7 Å². The Hall–Kier alpha value is -1.47. The Morgan fingerprint density at radius 2 is 2.09 bits per heavy atom. The third-order valence-corrected chi connectivity index (χ3v) is 4.69. The summed E-state index contributed by atoms with van der Waals surface area (Å²) >= 11 is 0. The molecule has 7 nitrogen and oxygen atoms in total. The van der Waals surface area contributed by atoms with E-state index in [-0.39, 0.29) is 12.0 Å². The highest BCUT2D eigenvalue weighted by molar-refractivity contribution is 5.79. The lowest BCUT2D eigenvalue weighted by Crippen LogP contribution is -2.45. The largest absolute Gasteiger partial charge is 0.384 e. The van der Waals surface area contributed by atoms with Gasteiger partial charge in [0, 0.05) is 32.5 Å². The van der Waals surface area contributed by atoms with Crippen LogP contribution in [0.5, 0.6) is 0 Å². The first-order chi connectivity index (χ1) is 11.3. The van der Waals surface area contributed by atoms with E-state index < -0.39 is 0 Å². The first-order valence-corrected chi connectivity index (χ1v) is 8.47. The highest BCUT2D eigenvalue weighted by atomic mass is 16.5. The van der Waals surface area contributed by atoms with Crippen molar-refractivity contribution in [2.45, 2.75) is 51.2 Å². The molecule has 1 amide bonds. The molecule has 2 fully saturated rings. The van der Waals surface area contributed by atoms with Crippen molar-refractivity contribution in [3.63, 3.8) is 0 Å². The number of carbonyl (C=O) groups is 1. The predicted octanol–water partition coefficient (Wildman–Crippen LogP) is 1.57. The van der Waals surface area contributed by atoms with Gasteiger partial charge in [0.05, 0.1) is 12.7 Å². The molecular weight excluding hydrogens is 298 g/mol. The Kier molecular flexibility index (Phi) is 5.61. The molecule has 0 spiro atoms. The third-order valence-electron chi connectivity index (χ3n) is 4.69. The Balaban J connectivity index is 1.37. The van der Waals surface area contributed by atoms with E-state index in [1.165, 1.54) is 6.42 Å². The number of nitrogens with zero attached hydrogens (tertiary/aromatic N) is 3. The molecule has 1 aromatic heterocycles. The van der Waals surface area contributed by atoms with Gasteiger partial charge in [0.25, 0.3) is 5.89 Å². The fourth-order valence-corrected chi connectivity index (χ4v) is 2.99. The molecule has 1 aliphatic heterocycles. The zero-order valence-corrected chi connectivity index (χ0v) is 13.7. The van der Waals surface area contributed by atoms with Gasteiger partial charge in [-0.2, -0.15) is 4.98 Å². The summed E-state index contributed by atoms with van der Waals surface area (Å²) in [5.74, 6) is 1.78. The summed E-state index contributed by atoms with van der Waals surface area (Å²) in [5.41, 5.74) is 0. The maximum Gasteiger partial charge on any atom is 0.252 e. The van der Waals surface area contributed by atoms with E-state index in [0.717, 1.165) is 38.8 Å². The van der Waals surface area contributed by atoms with Crippen LogP contribution in [-0.4, -0.2) is 53.9 Å². The van der Waals surface area contributed by atoms with Gasteiger partial charge in [0.1, 0.15) is 6.61 Å². The molecule has 0 unspecified atom stereocenters. The van der Waals surface area contributed by atoms with E-state index >= 15 is 0 Å². The zero-order valence-electron chi connectivity index (χ0n) is 13.7. The third kappa shape index (κ3) is 4.29. The van der Waals surface area contributed by atoms with E-state index in [1.54, 1.807) is 7.11 Å². The monoisotopic (exact) mass is 323 g/mol. The first kappa shape index (κ1) is 16.4. The van der Waals surface area contributed by atoms with Gasteiger partial charge in [0.2, 0.25) is 5.91 Å². The van der Waals surface area contributed by atoms with Crippen LogP contribution in [0.4, 0.5) is 0 Å². The molecule has 2 aliphatic rings. The summed E-state index contributed by atoms with van der Waals surface area (Å²) in [6.07, 6.45) is 5.89. The van der Waals surface area contributed by atoms with Gasteiger partial charge in [-0.3, -0.25) is 4.79 Å². The summed E-state index contributed by atoms with van der Waals surface area (Å²) in [7, 11) is 1.65. The lowest BCUT2D eigenvalue weighted by Gasteiger charge is -2.36. The van der Waals surface area contributed by atoms with Crippen molar-refractivity contribution in [2.75, 3.05) is 26.8 Å². The number of methoxy groups -OCH3 is 1. The first-order valence-electron chi connectivity index (χ1n) is 8.47. The molecule has 1 aromatic rings. The molecule has 3 rings (SSSR count). The standard InChI is InChI=1S/C16H25N3O4/c1-21-10-7-14-17-15(23-18-14)11-22-13-5-8-19(9-6-13)16(20)12-3-2-4-12/h12-13H,2-11H2,1H3. The molecule has 1 saturated carbocycles. The zero-order chi connectivity index (χ0) is 16.1. The molecule has 2 heterocycles. The maximum absolute atomic E-state index is 12.2. The molecule has 128 valence electrons. The smallest absolute Gasteiger partial charge is 0.252 e. The number of aromatic nitrogens is 2. The van der Waals surface area contributed by atoms with Crippen molar-refractivity contribution >= 4 is 5.91 Å². The summed E-state index contributed by atoms with van der Waals surface area (Å²) in [5, 5.41) is 3.89. The molecule has 7 heteroatoms. The van der Waals surface area contributed by atoms with Crippen molar-refractivity contribution in [3.05, 3.63) is 11.7 Å². The van der Waals surface area contributed by atoms with Gasteiger partial charge in [-0.25, -0.2) is 0 Å². The average Bonchev–Trinajstić information content (AvgIpc) is 2.97. The average molecular weight is 323 g/mol. The van der Waals surface area contributed by atoms with Gasteiger partial charge in [-0.15, -0.1) is 0 Å². The van der Waals surface area contributed by atoms with E-state index in [9.17, 15) is 4.79 Å². The maximum atomic E-state index is 12.2. The van der Waals surface area contributed by atoms with Gasteiger partial charge >= 0.3 is 0 Å². The van der Waals surface area contributed by atoms with Crippen LogP contribution in [0.2, 0.25) is 0 Å². The summed E-state index contributed by atoms with van der Waals surface area (Å²) < 4.78 is 16.0. The van der Waals surface area contributed by atoms with Crippen LogP contribution in [0.3, 0.4) is 0 Å². The van der Waals surface area contributed by atoms with Gasteiger partial charge < -0.3 is 18.9 Å². The number of hydrogen-bond donors (Lipinski definition) is 0. The number of hydrogen-bond acceptors (Lipinski definition) is 6. The predicted molar refractivity (Wildman–Crippen MR) is 81.6 cm³/mol. The molecule has 0 bridgehead atoms. The van der Waals surface area contributed by atoms with Crippen LogP contribution in [0, 0.1) is 5.92 Å². The molecule has 1 aliphatic carbocycles. The van der Waals surface area contributed by atoms with Crippen molar-refractivity contribution in [3.8, 4) is 0 Å². The summed E-state index contributed by atoms with van der Waals surface area (Å²) in [6.45, 7) is 2.50. The van der Waals surface area contributed by atoms with E-state index in [2.05, 4.69) is 10.1 Å². The van der Waals surface area contributed by atoms with Crippen molar-refractivity contribution in [1.29, 1.82) is 0 Å². The molecule has 0 atom stereocenters. The Morgan fingerprint density at radius 3 is 2.74 bits per heavy atom. The summed E-state index contributed by atoms with van der Waals surface area (Å²) in [6, 6.07) is 0. The van der Waals surface area contributed by atoms with E-state index in [4.69, 9.17) is 14.0 Å². The number of rotatable bonds is 7.